The summed E-state index contributed by atoms with van der Waals surface area (Å²) in [7, 11) is 1.38. The predicted molar refractivity (Wildman–Crippen MR) is 99.2 cm³/mol. The van der Waals surface area contributed by atoms with Gasteiger partial charge in [-0.1, -0.05) is 0 Å². The number of halogens is 7. The molecule has 5 nitrogen and oxygen atoms in total. The van der Waals surface area contributed by atoms with Crippen LogP contribution < -0.4 is 16.0 Å². The number of nitrogens with one attached hydrogen (secondary N) is 3. The van der Waals surface area contributed by atoms with Crippen molar-refractivity contribution in [1.29, 1.82) is 0 Å². The maximum absolute atomic E-state index is 12.4. The third-order valence-corrected chi connectivity index (χ3v) is 3.10. The monoisotopic (exact) mass is 512 g/mol. The molecule has 1 rings (SSSR count). The molecule has 0 aliphatic carbocycles. The lowest BCUT2D eigenvalue weighted by molar-refractivity contribution is -0.137. The van der Waals surface area contributed by atoms with Crippen molar-refractivity contribution in [2.45, 2.75) is 18.8 Å². The average Bonchev–Trinajstić information content (AvgIpc) is 2.55. The summed E-state index contributed by atoms with van der Waals surface area (Å²) in [6.07, 6.45) is -9.77. The third-order valence-electron chi connectivity index (χ3n) is 3.10. The minimum atomic E-state index is -4.48. The van der Waals surface area contributed by atoms with Crippen molar-refractivity contribution < 1.29 is 31.1 Å². The second-order valence-electron chi connectivity index (χ2n) is 5.12. The normalized spacial score (nSPS) is 12.2. The topological polar surface area (TPSA) is 65.5 Å². The summed E-state index contributed by atoms with van der Waals surface area (Å²) in [5.41, 5.74) is -0.796. The summed E-state index contributed by atoms with van der Waals surface area (Å²) in [5.74, 6) is -0.432. The fraction of sp³-hybridized carbons (Fsp3) is 0.467. The van der Waals surface area contributed by atoms with Gasteiger partial charge in [-0.2, -0.15) is 26.3 Å². The highest BCUT2D eigenvalue weighted by Gasteiger charge is 2.30. The third kappa shape index (κ3) is 10.2. The molecule has 0 saturated carbocycles. The van der Waals surface area contributed by atoms with Gasteiger partial charge >= 0.3 is 12.4 Å². The van der Waals surface area contributed by atoms with E-state index in [-0.39, 0.29) is 55.1 Å². The van der Waals surface area contributed by atoms with Crippen LogP contribution in [-0.4, -0.2) is 44.7 Å². The molecule has 0 spiro atoms. The number of amides is 1. The van der Waals surface area contributed by atoms with E-state index in [1.165, 1.54) is 7.05 Å². The van der Waals surface area contributed by atoms with Gasteiger partial charge in [0.2, 0.25) is 0 Å². The predicted octanol–water partition coefficient (Wildman–Crippen LogP) is 3.17. The van der Waals surface area contributed by atoms with Crippen LogP contribution in [0.4, 0.5) is 26.3 Å². The first-order valence-electron chi connectivity index (χ1n) is 7.49. The van der Waals surface area contributed by atoms with Crippen molar-refractivity contribution in [3.05, 3.63) is 35.4 Å². The van der Waals surface area contributed by atoms with E-state index in [0.29, 0.717) is 0 Å². The number of carbonyl (C=O) groups is 1. The molecule has 1 aromatic carbocycles. The molecule has 0 saturated heterocycles. The Hall–Kier alpha value is -1.73. The van der Waals surface area contributed by atoms with Crippen LogP contribution in [0.1, 0.15) is 22.3 Å². The Morgan fingerprint density at radius 3 is 1.93 bits per heavy atom. The van der Waals surface area contributed by atoms with E-state index in [1.54, 1.807) is 0 Å². The van der Waals surface area contributed by atoms with Gasteiger partial charge in [-0.05, 0) is 24.3 Å². The van der Waals surface area contributed by atoms with Gasteiger partial charge in [0.05, 0.1) is 12.0 Å². The zero-order valence-electron chi connectivity index (χ0n) is 14.2. The van der Waals surface area contributed by atoms with Gasteiger partial charge < -0.3 is 16.0 Å². The molecule has 0 aromatic heterocycles. The van der Waals surface area contributed by atoms with E-state index in [1.807, 2.05) is 0 Å². The van der Waals surface area contributed by atoms with Gasteiger partial charge in [0.1, 0.15) is 0 Å². The number of hydrogen-bond acceptors (Lipinski definition) is 2. The highest BCUT2D eigenvalue weighted by Crippen LogP contribution is 2.29. The lowest BCUT2D eigenvalue weighted by Crippen LogP contribution is -2.42. The molecule has 0 radical (unpaired) electrons. The van der Waals surface area contributed by atoms with E-state index < -0.39 is 30.2 Å². The molecule has 1 amide bonds. The number of nitrogens with zero attached hydrogens (tertiary/aromatic N) is 1. The van der Waals surface area contributed by atoms with Crippen LogP contribution in [0.5, 0.6) is 0 Å². The van der Waals surface area contributed by atoms with E-state index in [2.05, 4.69) is 20.9 Å². The summed E-state index contributed by atoms with van der Waals surface area (Å²) in [5, 5.41) is 7.64. The zero-order valence-corrected chi connectivity index (χ0v) is 16.5. The molecule has 0 fully saturated rings. The molecular weight excluding hydrogens is 493 g/mol. The van der Waals surface area contributed by atoms with Crippen LogP contribution in [0.25, 0.3) is 0 Å². The van der Waals surface area contributed by atoms with E-state index in [0.717, 1.165) is 24.3 Å². The summed E-state index contributed by atoms with van der Waals surface area (Å²) < 4.78 is 73.5. The molecule has 1 aromatic rings. The van der Waals surface area contributed by atoms with Crippen molar-refractivity contribution in [2.75, 3.05) is 26.7 Å². The number of rotatable bonds is 6. The Kier molecular flexibility index (Phi) is 10.5. The second kappa shape index (κ2) is 11.2. The fourth-order valence-electron chi connectivity index (χ4n) is 1.81. The largest absolute Gasteiger partial charge is 0.416 e. The van der Waals surface area contributed by atoms with Gasteiger partial charge in [0, 0.05) is 32.2 Å². The Bertz CT molecular complexity index is 616. The molecule has 154 valence electrons. The minimum absolute atomic E-state index is 0. The molecule has 3 N–H and O–H groups in total. The highest BCUT2D eigenvalue weighted by molar-refractivity contribution is 14.0. The molecular formula is C15H19F6IN4O. The summed E-state index contributed by atoms with van der Waals surface area (Å²) in [6, 6.07) is 3.73. The Morgan fingerprint density at radius 1 is 0.926 bits per heavy atom. The smallest absolute Gasteiger partial charge is 0.356 e. The average molecular weight is 512 g/mol. The van der Waals surface area contributed by atoms with Crippen LogP contribution in [-0.2, 0) is 6.18 Å². The number of aliphatic imine (C=N–C) groups is 1. The number of alkyl halides is 6. The van der Waals surface area contributed by atoms with Crippen LogP contribution in [0, 0.1) is 0 Å². The van der Waals surface area contributed by atoms with Crippen molar-refractivity contribution in [2.24, 2.45) is 4.99 Å². The Morgan fingerprint density at radius 2 is 1.44 bits per heavy atom. The first kappa shape index (κ1) is 25.3. The Balaban J connectivity index is 0.00000676. The van der Waals surface area contributed by atoms with Crippen LogP contribution >= 0.6 is 24.0 Å². The van der Waals surface area contributed by atoms with Crippen molar-refractivity contribution >= 4 is 35.8 Å². The molecule has 0 aliphatic rings. The van der Waals surface area contributed by atoms with E-state index in [4.69, 9.17) is 0 Å². The number of guanidine groups is 1. The number of hydrogen-bond donors (Lipinski definition) is 3. The SMILES string of the molecule is CN=C(NCCNC(=O)c1ccc(C(F)(F)F)cc1)NCCC(F)(F)F.I. The maximum Gasteiger partial charge on any atom is 0.416 e. The van der Waals surface area contributed by atoms with E-state index in [9.17, 15) is 31.1 Å². The van der Waals surface area contributed by atoms with Crippen molar-refractivity contribution in [1.82, 2.24) is 16.0 Å². The first-order valence-corrected chi connectivity index (χ1v) is 7.49. The number of benzene rings is 1. The summed E-state index contributed by atoms with van der Waals surface area (Å²) >= 11 is 0. The number of carbonyl (C=O) groups excluding carboxylic acids is 1. The maximum atomic E-state index is 12.4. The van der Waals surface area contributed by atoms with Gasteiger partial charge in [0.15, 0.2) is 5.96 Å². The lowest BCUT2D eigenvalue weighted by atomic mass is 10.1. The van der Waals surface area contributed by atoms with Crippen LogP contribution in [0.2, 0.25) is 0 Å². The van der Waals surface area contributed by atoms with E-state index >= 15 is 0 Å². The molecule has 0 atom stereocenters. The Labute approximate surface area is 169 Å². The van der Waals surface area contributed by atoms with Gasteiger partial charge in [-0.3, -0.25) is 9.79 Å². The fourth-order valence-corrected chi connectivity index (χ4v) is 1.81. The van der Waals surface area contributed by atoms with Crippen molar-refractivity contribution in [3.63, 3.8) is 0 Å². The molecule has 0 unspecified atom stereocenters. The van der Waals surface area contributed by atoms with Crippen LogP contribution in [0.15, 0.2) is 29.3 Å². The van der Waals surface area contributed by atoms with Gasteiger partial charge in [0.25, 0.3) is 5.91 Å². The zero-order chi connectivity index (χ0) is 19.8. The van der Waals surface area contributed by atoms with Gasteiger partial charge in [-0.15, -0.1) is 24.0 Å². The second-order valence-corrected chi connectivity index (χ2v) is 5.12. The van der Waals surface area contributed by atoms with Gasteiger partial charge in [-0.25, -0.2) is 0 Å². The standard InChI is InChI=1S/C15H18F6N4O.HI/c1-22-13(24-7-6-14(16,17)18)25-9-8-23-12(26)10-2-4-11(5-3-10)15(19,20)21;/h2-5H,6-9H2,1H3,(H,23,26)(H2,22,24,25);1H. The summed E-state index contributed by atoms with van der Waals surface area (Å²) in [4.78, 5) is 15.5. The quantitative estimate of drug-likeness (QED) is 0.181. The molecule has 12 heteroatoms. The first-order chi connectivity index (χ1) is 12.0. The van der Waals surface area contributed by atoms with Crippen LogP contribution in [0.3, 0.4) is 0 Å². The highest BCUT2D eigenvalue weighted by atomic mass is 127. The molecule has 0 heterocycles. The molecule has 0 aliphatic heterocycles. The lowest BCUT2D eigenvalue weighted by Gasteiger charge is -2.13. The molecule has 0 bridgehead atoms. The minimum Gasteiger partial charge on any atom is -0.356 e. The molecule has 27 heavy (non-hydrogen) atoms. The van der Waals surface area contributed by atoms with Crippen molar-refractivity contribution in [3.8, 4) is 0 Å². The summed E-state index contributed by atoms with van der Waals surface area (Å²) in [6.45, 7) is -0.0843.